The minimum absolute atomic E-state index is 0.293. The minimum Gasteiger partial charge on any atom is -0.465 e. The first-order chi connectivity index (χ1) is 16.6. The third kappa shape index (κ3) is 4.67. The number of hydrogen-bond acceptors (Lipinski definition) is 7. The molecule has 34 heavy (non-hydrogen) atoms. The molecule has 6 nitrogen and oxygen atoms in total. The predicted octanol–water partition coefficient (Wildman–Crippen LogP) is 5.94. The first kappa shape index (κ1) is 22.5. The number of carbonyl (C=O) groups excluding carboxylic acids is 1. The lowest BCUT2D eigenvalue weighted by Gasteiger charge is -2.31. The third-order valence-corrected chi connectivity index (χ3v) is 7.39. The van der Waals surface area contributed by atoms with Gasteiger partial charge in [0.15, 0.2) is 0 Å². The second-order valence-corrected chi connectivity index (χ2v) is 9.53. The number of hydrogen-bond donors (Lipinski definition) is 0. The number of benzene rings is 2. The van der Waals surface area contributed by atoms with Crippen molar-refractivity contribution in [2.24, 2.45) is 0 Å². The van der Waals surface area contributed by atoms with Gasteiger partial charge in [0.2, 0.25) is 0 Å². The molecule has 0 radical (unpaired) electrons. The quantitative estimate of drug-likeness (QED) is 0.323. The fourth-order valence-corrected chi connectivity index (χ4v) is 5.55. The topological polar surface area (TPSA) is 68.5 Å². The fourth-order valence-electron chi connectivity index (χ4n) is 4.57. The molecular formula is C27H27N3O3S. The van der Waals surface area contributed by atoms with Crippen LogP contribution in [0.2, 0.25) is 0 Å². The van der Waals surface area contributed by atoms with Crippen molar-refractivity contribution in [3.63, 3.8) is 0 Å². The molecule has 0 unspecified atom stereocenters. The number of piperidine rings is 1. The van der Waals surface area contributed by atoms with Gasteiger partial charge in [0.1, 0.15) is 11.5 Å². The molecule has 174 valence electrons. The summed E-state index contributed by atoms with van der Waals surface area (Å²) < 4.78 is 10.4. The minimum atomic E-state index is -0.293. The van der Waals surface area contributed by atoms with Crippen LogP contribution in [0.5, 0.6) is 0 Å². The molecular weight excluding hydrogens is 446 g/mol. The highest BCUT2D eigenvalue weighted by Gasteiger charge is 2.25. The Morgan fingerprint density at radius 1 is 1.15 bits per heavy atom. The predicted molar refractivity (Wildman–Crippen MR) is 133 cm³/mol. The van der Waals surface area contributed by atoms with Crippen molar-refractivity contribution < 1.29 is 14.1 Å². The lowest BCUT2D eigenvalue weighted by atomic mass is 9.97. The van der Waals surface area contributed by atoms with E-state index in [1.165, 1.54) is 12.1 Å². The van der Waals surface area contributed by atoms with Crippen LogP contribution in [-0.2, 0) is 11.3 Å². The largest absolute Gasteiger partial charge is 0.465 e. The van der Waals surface area contributed by atoms with Gasteiger partial charge < -0.3 is 9.26 Å². The highest BCUT2D eigenvalue weighted by Crippen LogP contribution is 2.38. The van der Waals surface area contributed by atoms with Crippen LogP contribution in [0.15, 0.2) is 64.5 Å². The summed E-state index contributed by atoms with van der Waals surface area (Å²) in [5.41, 5.74) is 5.54. The summed E-state index contributed by atoms with van der Waals surface area (Å²) in [5.74, 6) is 0.954. The summed E-state index contributed by atoms with van der Waals surface area (Å²) in [6, 6.07) is 17.8. The van der Waals surface area contributed by atoms with E-state index in [1.807, 2.05) is 49.4 Å². The zero-order valence-electron chi connectivity index (χ0n) is 19.4. The van der Waals surface area contributed by atoms with Crippen molar-refractivity contribution in [2.75, 3.05) is 20.2 Å². The van der Waals surface area contributed by atoms with Gasteiger partial charge in [0.05, 0.1) is 28.9 Å². The number of carbonyl (C=O) groups is 1. The summed E-state index contributed by atoms with van der Waals surface area (Å²) in [6.07, 6.45) is 2.13. The Kier molecular flexibility index (Phi) is 6.56. The smallest absolute Gasteiger partial charge is 0.337 e. The molecule has 0 amide bonds. The zero-order valence-corrected chi connectivity index (χ0v) is 20.2. The van der Waals surface area contributed by atoms with Crippen molar-refractivity contribution in [1.82, 2.24) is 15.0 Å². The first-order valence-electron chi connectivity index (χ1n) is 11.5. The number of ether oxygens (including phenoxy) is 1. The van der Waals surface area contributed by atoms with Gasteiger partial charge in [-0.05, 0) is 50.6 Å². The summed E-state index contributed by atoms with van der Waals surface area (Å²) in [6.45, 7) is 4.79. The van der Waals surface area contributed by atoms with Crippen molar-refractivity contribution in [1.29, 1.82) is 0 Å². The molecule has 7 heteroatoms. The molecule has 1 aliphatic rings. The van der Waals surface area contributed by atoms with Crippen molar-refractivity contribution >= 4 is 17.3 Å². The molecule has 5 rings (SSSR count). The second-order valence-electron chi connectivity index (χ2n) is 8.64. The number of likely N-dealkylation sites (tertiary alicyclic amines) is 1. The monoisotopic (exact) mass is 473 g/mol. The van der Waals surface area contributed by atoms with Gasteiger partial charge in [-0.3, -0.25) is 4.90 Å². The lowest BCUT2D eigenvalue weighted by molar-refractivity contribution is 0.0600. The molecule has 2 aromatic heterocycles. The molecule has 0 N–H and O–H groups in total. The van der Waals surface area contributed by atoms with E-state index in [9.17, 15) is 4.79 Å². The lowest BCUT2D eigenvalue weighted by Crippen LogP contribution is -2.32. The van der Waals surface area contributed by atoms with Gasteiger partial charge in [-0.1, -0.05) is 47.6 Å². The molecule has 1 saturated heterocycles. The first-order valence-corrected chi connectivity index (χ1v) is 12.4. The van der Waals surface area contributed by atoms with Crippen molar-refractivity contribution in [3.05, 3.63) is 81.9 Å². The van der Waals surface area contributed by atoms with E-state index in [1.54, 1.807) is 17.4 Å². The Morgan fingerprint density at radius 2 is 1.94 bits per heavy atom. The summed E-state index contributed by atoms with van der Waals surface area (Å²) in [4.78, 5) is 19.3. The molecule has 3 heterocycles. The van der Waals surface area contributed by atoms with Gasteiger partial charge in [-0.15, -0.1) is 11.3 Å². The number of aromatic nitrogens is 2. The Labute approximate surface area is 203 Å². The van der Waals surface area contributed by atoms with Gasteiger partial charge in [-0.25, -0.2) is 9.78 Å². The van der Waals surface area contributed by atoms with Crippen LogP contribution in [0.25, 0.3) is 22.5 Å². The van der Waals surface area contributed by atoms with Crippen LogP contribution >= 0.6 is 11.3 Å². The van der Waals surface area contributed by atoms with E-state index in [4.69, 9.17) is 14.2 Å². The van der Waals surface area contributed by atoms with Crippen LogP contribution < -0.4 is 0 Å². The highest BCUT2D eigenvalue weighted by molar-refractivity contribution is 7.10. The SMILES string of the molecule is COC(=O)c1cccc(CN2CCC(c3nc(-c4c(-c5ccccc5)noc4C)cs3)CC2)c1. The standard InChI is InChI=1S/C27H27N3O3S/c1-18-24(25(29-33-18)20-8-4-3-5-9-20)23-17-34-26(28-23)21-11-13-30(14-12-21)16-19-7-6-10-22(15-19)27(31)32-2/h3-10,15,17,21H,11-14,16H2,1-2H3. The summed E-state index contributed by atoms with van der Waals surface area (Å²) in [5, 5.41) is 7.62. The average molecular weight is 474 g/mol. The van der Waals surface area contributed by atoms with E-state index >= 15 is 0 Å². The maximum atomic E-state index is 11.8. The number of nitrogens with zero attached hydrogens (tertiary/aromatic N) is 3. The van der Waals surface area contributed by atoms with Gasteiger partial charge >= 0.3 is 5.97 Å². The molecule has 0 atom stereocenters. The molecule has 1 aliphatic heterocycles. The number of methoxy groups -OCH3 is 1. The Morgan fingerprint density at radius 3 is 2.71 bits per heavy atom. The van der Waals surface area contributed by atoms with Crippen LogP contribution in [-0.4, -0.2) is 41.2 Å². The number of aryl methyl sites for hydroxylation is 1. The molecule has 2 aromatic carbocycles. The molecule has 0 saturated carbocycles. The van der Waals surface area contributed by atoms with Crippen LogP contribution in [0.4, 0.5) is 0 Å². The molecule has 0 aliphatic carbocycles. The molecule has 1 fully saturated rings. The molecule has 0 spiro atoms. The van der Waals surface area contributed by atoms with Crippen LogP contribution in [0, 0.1) is 6.92 Å². The van der Waals surface area contributed by atoms with Crippen LogP contribution in [0.3, 0.4) is 0 Å². The number of rotatable bonds is 6. The zero-order chi connectivity index (χ0) is 23.5. The maximum absolute atomic E-state index is 11.8. The normalized spacial score (nSPS) is 14.9. The number of thiazole rings is 1. The van der Waals surface area contributed by atoms with Gasteiger partial charge in [0, 0.05) is 23.4 Å². The van der Waals surface area contributed by atoms with E-state index < -0.39 is 0 Å². The third-order valence-electron chi connectivity index (χ3n) is 6.38. The van der Waals surface area contributed by atoms with Crippen molar-refractivity contribution in [2.45, 2.75) is 32.2 Å². The van der Waals surface area contributed by atoms with Crippen LogP contribution in [0.1, 0.15) is 45.4 Å². The van der Waals surface area contributed by atoms with E-state index in [2.05, 4.69) is 21.5 Å². The van der Waals surface area contributed by atoms with Gasteiger partial charge in [0.25, 0.3) is 0 Å². The van der Waals surface area contributed by atoms with E-state index in [-0.39, 0.29) is 5.97 Å². The Hall–Kier alpha value is -3.29. The molecule has 4 aromatic rings. The van der Waals surface area contributed by atoms with E-state index in [0.29, 0.717) is 11.5 Å². The number of esters is 1. The Bertz CT molecular complexity index is 1270. The second kappa shape index (κ2) is 9.91. The average Bonchev–Trinajstić information content (AvgIpc) is 3.51. The summed E-state index contributed by atoms with van der Waals surface area (Å²) >= 11 is 1.73. The van der Waals surface area contributed by atoms with Gasteiger partial charge in [-0.2, -0.15) is 0 Å². The van der Waals surface area contributed by atoms with Crippen molar-refractivity contribution in [3.8, 4) is 22.5 Å². The maximum Gasteiger partial charge on any atom is 0.337 e. The van der Waals surface area contributed by atoms with E-state index in [0.717, 1.165) is 66.3 Å². The Balaban J connectivity index is 1.25. The molecule has 0 bridgehead atoms. The summed E-state index contributed by atoms with van der Waals surface area (Å²) in [7, 11) is 1.41. The fraction of sp³-hybridized carbons (Fsp3) is 0.296. The highest BCUT2D eigenvalue weighted by atomic mass is 32.1.